The minimum atomic E-state index is 0.359. The zero-order valence-electron chi connectivity index (χ0n) is 11.1. The summed E-state index contributed by atoms with van der Waals surface area (Å²) in [4.78, 5) is 0. The van der Waals surface area contributed by atoms with Crippen LogP contribution in [0.5, 0.6) is 5.75 Å². The molecule has 0 amide bonds. The fourth-order valence-corrected chi connectivity index (χ4v) is 3.67. The molecule has 0 unspecified atom stereocenters. The van der Waals surface area contributed by atoms with Crippen molar-refractivity contribution in [2.24, 2.45) is 5.92 Å². The van der Waals surface area contributed by atoms with E-state index in [9.17, 15) is 0 Å². The van der Waals surface area contributed by atoms with Crippen LogP contribution in [-0.4, -0.2) is 20.3 Å². The van der Waals surface area contributed by atoms with Gasteiger partial charge in [0.25, 0.3) is 0 Å². The molecular weight excluding hydrogens is 224 g/mol. The molecule has 3 rings (SSSR count). The van der Waals surface area contributed by atoms with E-state index in [4.69, 9.17) is 9.47 Å². The molecule has 1 aromatic carbocycles. The average molecular weight is 244 g/mol. The van der Waals surface area contributed by atoms with Crippen molar-refractivity contribution in [2.75, 3.05) is 14.2 Å². The fraction of sp³-hybridized carbons (Fsp3) is 0.500. The molecule has 18 heavy (non-hydrogen) atoms. The Bertz CT molecular complexity index is 478. The molecule has 0 radical (unpaired) electrons. The molecule has 0 spiro atoms. The Morgan fingerprint density at radius 3 is 2.83 bits per heavy atom. The second-order valence-corrected chi connectivity index (χ2v) is 5.38. The van der Waals surface area contributed by atoms with Gasteiger partial charge in [0.05, 0.1) is 13.2 Å². The highest BCUT2D eigenvalue weighted by Gasteiger charge is 2.42. The van der Waals surface area contributed by atoms with Gasteiger partial charge in [-0.1, -0.05) is 18.2 Å². The third-order valence-electron chi connectivity index (χ3n) is 4.54. The Morgan fingerprint density at radius 2 is 2.11 bits per heavy atom. The lowest BCUT2D eigenvalue weighted by atomic mass is 9.75. The second-order valence-electron chi connectivity index (χ2n) is 5.38. The summed E-state index contributed by atoms with van der Waals surface area (Å²) in [6, 6.07) is 6.46. The molecule has 1 aromatic rings. The fourth-order valence-electron chi connectivity index (χ4n) is 3.67. The van der Waals surface area contributed by atoms with E-state index in [0.717, 1.165) is 18.6 Å². The first-order valence-corrected chi connectivity index (χ1v) is 6.62. The molecule has 2 aliphatic carbocycles. The Kier molecular flexibility index (Phi) is 2.90. The first-order chi connectivity index (χ1) is 8.74. The monoisotopic (exact) mass is 244 g/mol. The minimum absolute atomic E-state index is 0.359. The average Bonchev–Trinajstić information content (AvgIpc) is 2.75. The van der Waals surface area contributed by atoms with Crippen LogP contribution < -0.4 is 4.74 Å². The molecule has 1 fully saturated rings. The van der Waals surface area contributed by atoms with Crippen LogP contribution >= 0.6 is 0 Å². The van der Waals surface area contributed by atoms with Crippen molar-refractivity contribution in [3.63, 3.8) is 0 Å². The van der Waals surface area contributed by atoms with Crippen molar-refractivity contribution in [1.82, 2.24) is 0 Å². The summed E-state index contributed by atoms with van der Waals surface area (Å²) in [5, 5.41) is 0. The molecule has 0 saturated heterocycles. The largest absolute Gasteiger partial charge is 0.497 e. The minimum Gasteiger partial charge on any atom is -0.497 e. The van der Waals surface area contributed by atoms with Crippen LogP contribution in [0.4, 0.5) is 0 Å². The predicted octanol–water partition coefficient (Wildman–Crippen LogP) is 3.32. The zero-order valence-corrected chi connectivity index (χ0v) is 11.1. The molecule has 0 heterocycles. The number of fused-ring (bicyclic) bond motifs is 3. The van der Waals surface area contributed by atoms with Gasteiger partial charge in [0.2, 0.25) is 0 Å². The highest BCUT2D eigenvalue weighted by Crippen LogP contribution is 2.50. The molecule has 96 valence electrons. The third kappa shape index (κ3) is 1.67. The summed E-state index contributed by atoms with van der Waals surface area (Å²) in [6.07, 6.45) is 3.69. The van der Waals surface area contributed by atoms with Crippen LogP contribution in [0.15, 0.2) is 30.4 Å². The lowest BCUT2D eigenvalue weighted by Gasteiger charge is -2.31. The molecule has 2 nitrogen and oxygen atoms in total. The standard InChI is InChI=1S/C16H20O2/c1-10-8-15(18-3)14-6-4-11-9-12(17-2)5-7-13(11)16(10)14/h5,7,9,14-16H,1,4,6,8H2,2-3H3/t14-,15-,16-/m1/s1. The highest BCUT2D eigenvalue weighted by molar-refractivity contribution is 5.45. The van der Waals surface area contributed by atoms with E-state index in [2.05, 4.69) is 24.8 Å². The first-order valence-electron chi connectivity index (χ1n) is 6.62. The van der Waals surface area contributed by atoms with Crippen LogP contribution in [0.2, 0.25) is 0 Å². The predicted molar refractivity (Wildman–Crippen MR) is 72.1 cm³/mol. The maximum Gasteiger partial charge on any atom is 0.119 e. The number of ether oxygens (including phenoxy) is 2. The van der Waals surface area contributed by atoms with Crippen molar-refractivity contribution in [2.45, 2.75) is 31.3 Å². The van der Waals surface area contributed by atoms with E-state index in [1.807, 2.05) is 7.11 Å². The normalized spacial score (nSPS) is 29.9. The van der Waals surface area contributed by atoms with E-state index >= 15 is 0 Å². The molecule has 0 bridgehead atoms. The molecule has 1 saturated carbocycles. The number of methoxy groups -OCH3 is 2. The van der Waals surface area contributed by atoms with E-state index in [0.29, 0.717) is 17.9 Å². The first kappa shape index (κ1) is 11.8. The molecule has 0 aromatic heterocycles. The lowest BCUT2D eigenvalue weighted by Crippen LogP contribution is -2.25. The van der Waals surface area contributed by atoms with Crippen LogP contribution in [0.1, 0.15) is 29.9 Å². The number of rotatable bonds is 2. The summed E-state index contributed by atoms with van der Waals surface area (Å²) >= 11 is 0. The number of aryl methyl sites for hydroxylation is 1. The van der Waals surface area contributed by atoms with Crippen LogP contribution in [0.3, 0.4) is 0 Å². The van der Waals surface area contributed by atoms with Crippen LogP contribution in [0.25, 0.3) is 0 Å². The summed E-state index contributed by atoms with van der Waals surface area (Å²) < 4.78 is 10.9. The van der Waals surface area contributed by atoms with Gasteiger partial charge in [0.1, 0.15) is 5.75 Å². The Morgan fingerprint density at radius 1 is 1.28 bits per heavy atom. The number of hydrogen-bond donors (Lipinski definition) is 0. The number of hydrogen-bond acceptors (Lipinski definition) is 2. The van der Waals surface area contributed by atoms with Gasteiger partial charge in [-0.25, -0.2) is 0 Å². The van der Waals surface area contributed by atoms with Gasteiger partial charge in [-0.2, -0.15) is 0 Å². The van der Waals surface area contributed by atoms with Crippen molar-refractivity contribution in [3.8, 4) is 5.75 Å². The van der Waals surface area contributed by atoms with Crippen molar-refractivity contribution >= 4 is 0 Å². The summed E-state index contributed by atoms with van der Waals surface area (Å²) in [7, 11) is 3.55. The zero-order chi connectivity index (χ0) is 12.7. The summed E-state index contributed by atoms with van der Waals surface area (Å²) in [6.45, 7) is 4.27. The van der Waals surface area contributed by atoms with Gasteiger partial charge >= 0.3 is 0 Å². The van der Waals surface area contributed by atoms with E-state index < -0.39 is 0 Å². The van der Waals surface area contributed by atoms with Crippen molar-refractivity contribution in [3.05, 3.63) is 41.5 Å². The van der Waals surface area contributed by atoms with Crippen LogP contribution in [0, 0.1) is 5.92 Å². The van der Waals surface area contributed by atoms with Crippen molar-refractivity contribution in [1.29, 1.82) is 0 Å². The SMILES string of the molecule is C=C1C[C@@H](OC)[C@H]2CCc3cc(OC)ccc3[C@@H]12. The molecule has 3 atom stereocenters. The quantitative estimate of drug-likeness (QED) is 0.743. The van der Waals surface area contributed by atoms with Gasteiger partial charge in [-0.15, -0.1) is 0 Å². The Balaban J connectivity index is 2.00. The molecule has 2 aliphatic rings. The molecular formula is C16H20O2. The summed E-state index contributed by atoms with van der Waals surface area (Å²) in [5.74, 6) is 2.06. The third-order valence-corrected chi connectivity index (χ3v) is 4.54. The topological polar surface area (TPSA) is 18.5 Å². The lowest BCUT2D eigenvalue weighted by molar-refractivity contribution is 0.0628. The highest BCUT2D eigenvalue weighted by atomic mass is 16.5. The van der Waals surface area contributed by atoms with E-state index in [1.54, 1.807) is 7.11 Å². The van der Waals surface area contributed by atoms with Gasteiger partial charge in [0, 0.05) is 13.0 Å². The van der Waals surface area contributed by atoms with Crippen molar-refractivity contribution < 1.29 is 9.47 Å². The maximum atomic E-state index is 5.63. The Hall–Kier alpha value is -1.28. The molecule has 0 N–H and O–H groups in total. The molecule has 0 aliphatic heterocycles. The van der Waals surface area contributed by atoms with Crippen LogP contribution in [-0.2, 0) is 11.2 Å². The van der Waals surface area contributed by atoms with E-state index in [1.165, 1.54) is 23.1 Å². The Labute approximate surface area is 109 Å². The smallest absolute Gasteiger partial charge is 0.119 e. The summed E-state index contributed by atoms with van der Waals surface area (Å²) in [5.41, 5.74) is 4.20. The van der Waals surface area contributed by atoms with E-state index in [-0.39, 0.29) is 0 Å². The van der Waals surface area contributed by atoms with Gasteiger partial charge in [-0.3, -0.25) is 0 Å². The number of benzene rings is 1. The van der Waals surface area contributed by atoms with Gasteiger partial charge < -0.3 is 9.47 Å². The van der Waals surface area contributed by atoms with Gasteiger partial charge in [0.15, 0.2) is 0 Å². The second kappa shape index (κ2) is 4.43. The maximum absolute atomic E-state index is 5.63. The molecule has 2 heteroatoms. The van der Waals surface area contributed by atoms with Gasteiger partial charge in [-0.05, 0) is 48.4 Å².